The van der Waals surface area contributed by atoms with Crippen LogP contribution < -0.4 is 10.2 Å². The summed E-state index contributed by atoms with van der Waals surface area (Å²) >= 11 is 1.67. The van der Waals surface area contributed by atoms with E-state index in [9.17, 15) is 4.79 Å². The molecule has 8 heteroatoms. The van der Waals surface area contributed by atoms with Crippen LogP contribution in [0.15, 0.2) is 29.6 Å². The number of piperidine rings is 1. The predicted octanol–water partition coefficient (Wildman–Crippen LogP) is 2.57. The van der Waals surface area contributed by atoms with Crippen LogP contribution in [0, 0.1) is 5.92 Å². The molecule has 2 aliphatic heterocycles. The number of nitrogens with zero attached hydrogens (tertiary/aromatic N) is 5. The summed E-state index contributed by atoms with van der Waals surface area (Å²) in [4.78, 5) is 21.0. The van der Waals surface area contributed by atoms with Gasteiger partial charge in [0.25, 0.3) is 0 Å². The number of thiophene rings is 1. The zero-order valence-corrected chi connectivity index (χ0v) is 19.3. The Labute approximate surface area is 189 Å². The molecule has 0 bridgehead atoms. The molecule has 2 aromatic rings. The van der Waals surface area contributed by atoms with E-state index in [1.165, 1.54) is 13.0 Å². The molecule has 0 aliphatic carbocycles. The lowest BCUT2D eigenvalue weighted by Crippen LogP contribution is -2.49. The number of rotatable bonds is 8. The summed E-state index contributed by atoms with van der Waals surface area (Å²) in [5.74, 6) is 1.22. The number of anilines is 1. The summed E-state index contributed by atoms with van der Waals surface area (Å²) in [5.41, 5.74) is 0.916. The van der Waals surface area contributed by atoms with Crippen LogP contribution in [-0.4, -0.2) is 84.8 Å². The fourth-order valence-electron chi connectivity index (χ4n) is 4.45. The quantitative estimate of drug-likeness (QED) is 0.678. The van der Waals surface area contributed by atoms with E-state index in [0.29, 0.717) is 0 Å². The Bertz CT molecular complexity index is 796. The molecule has 1 N–H and O–H groups in total. The minimum atomic E-state index is 0.107. The van der Waals surface area contributed by atoms with E-state index in [2.05, 4.69) is 43.2 Å². The van der Waals surface area contributed by atoms with E-state index >= 15 is 0 Å². The second kappa shape index (κ2) is 11.0. The fourth-order valence-corrected chi connectivity index (χ4v) is 5.15. The SMILES string of the molecule is CCCN1CCN(CCNC(=O)C2CCN(c3ccc(-c4cccs4)nn3)CC2)CC1. The van der Waals surface area contributed by atoms with E-state index in [1.54, 1.807) is 11.3 Å². The van der Waals surface area contributed by atoms with Crippen molar-refractivity contribution in [3.05, 3.63) is 29.6 Å². The monoisotopic (exact) mass is 442 g/mol. The molecule has 4 heterocycles. The predicted molar refractivity (Wildman–Crippen MR) is 126 cm³/mol. The van der Waals surface area contributed by atoms with Gasteiger partial charge in [-0.15, -0.1) is 21.5 Å². The molecule has 31 heavy (non-hydrogen) atoms. The van der Waals surface area contributed by atoms with Crippen molar-refractivity contribution in [2.45, 2.75) is 26.2 Å². The Hall–Kier alpha value is -2.03. The number of hydrogen-bond acceptors (Lipinski definition) is 7. The maximum atomic E-state index is 12.6. The molecular formula is C23H34N6OS. The smallest absolute Gasteiger partial charge is 0.223 e. The minimum absolute atomic E-state index is 0.107. The van der Waals surface area contributed by atoms with Crippen molar-refractivity contribution in [2.75, 3.05) is 63.8 Å². The first kappa shape index (κ1) is 22.2. The van der Waals surface area contributed by atoms with Crippen molar-refractivity contribution >= 4 is 23.1 Å². The van der Waals surface area contributed by atoms with Crippen molar-refractivity contribution in [2.24, 2.45) is 5.92 Å². The molecule has 168 valence electrons. The van der Waals surface area contributed by atoms with Gasteiger partial charge in [-0.25, -0.2) is 0 Å². The van der Waals surface area contributed by atoms with Crippen LogP contribution in [0.4, 0.5) is 5.82 Å². The standard InChI is InChI=1S/C23H34N6OS/c1-2-10-27-14-16-28(17-15-27)13-9-24-23(30)19-7-11-29(12-8-19)22-6-5-20(25-26-22)21-4-3-18-31-21/h3-6,18-19H,2,7-17H2,1H3,(H,24,30). The van der Waals surface area contributed by atoms with E-state index in [1.807, 2.05) is 23.6 Å². The highest BCUT2D eigenvalue weighted by molar-refractivity contribution is 7.13. The van der Waals surface area contributed by atoms with E-state index in [-0.39, 0.29) is 11.8 Å². The molecule has 2 aromatic heterocycles. The van der Waals surface area contributed by atoms with Crippen LogP contribution in [0.25, 0.3) is 10.6 Å². The van der Waals surface area contributed by atoms with Crippen molar-refractivity contribution < 1.29 is 4.79 Å². The summed E-state index contributed by atoms with van der Waals surface area (Å²) in [6.07, 6.45) is 2.97. The first-order valence-electron chi connectivity index (χ1n) is 11.6. The van der Waals surface area contributed by atoms with Gasteiger partial charge in [0.2, 0.25) is 5.91 Å². The third-order valence-corrected chi connectivity index (χ3v) is 7.24. The number of piperazine rings is 1. The summed E-state index contributed by atoms with van der Waals surface area (Å²) in [5, 5.41) is 14.0. The molecule has 0 saturated carbocycles. The average molecular weight is 443 g/mol. The molecule has 2 aliphatic rings. The zero-order valence-electron chi connectivity index (χ0n) is 18.5. The van der Waals surface area contributed by atoms with E-state index in [0.717, 1.165) is 81.6 Å². The van der Waals surface area contributed by atoms with E-state index in [4.69, 9.17) is 0 Å². The Morgan fingerprint density at radius 1 is 1.03 bits per heavy atom. The first-order chi connectivity index (χ1) is 15.2. The minimum Gasteiger partial charge on any atom is -0.355 e. The van der Waals surface area contributed by atoms with Gasteiger partial charge in [-0.2, -0.15) is 0 Å². The van der Waals surface area contributed by atoms with Gasteiger partial charge in [0.15, 0.2) is 5.82 Å². The molecule has 7 nitrogen and oxygen atoms in total. The highest BCUT2D eigenvalue weighted by Crippen LogP contribution is 2.25. The molecular weight excluding hydrogens is 408 g/mol. The third-order valence-electron chi connectivity index (χ3n) is 6.35. The summed E-state index contributed by atoms with van der Waals surface area (Å²) in [6.45, 7) is 11.4. The highest BCUT2D eigenvalue weighted by atomic mass is 32.1. The van der Waals surface area contributed by atoms with Crippen molar-refractivity contribution in [3.8, 4) is 10.6 Å². The molecule has 2 saturated heterocycles. The van der Waals surface area contributed by atoms with Crippen molar-refractivity contribution in [3.63, 3.8) is 0 Å². The molecule has 0 radical (unpaired) electrons. The third kappa shape index (κ3) is 6.02. The highest BCUT2D eigenvalue weighted by Gasteiger charge is 2.26. The van der Waals surface area contributed by atoms with Crippen molar-refractivity contribution in [1.82, 2.24) is 25.3 Å². The number of aromatic nitrogens is 2. The Morgan fingerprint density at radius 3 is 2.39 bits per heavy atom. The van der Waals surface area contributed by atoms with Gasteiger partial charge in [0.05, 0.1) is 4.88 Å². The van der Waals surface area contributed by atoms with Gasteiger partial charge in [-0.1, -0.05) is 13.0 Å². The van der Waals surface area contributed by atoms with Crippen LogP contribution in [0.2, 0.25) is 0 Å². The van der Waals surface area contributed by atoms with Crippen LogP contribution in [-0.2, 0) is 4.79 Å². The van der Waals surface area contributed by atoms with E-state index < -0.39 is 0 Å². The molecule has 0 spiro atoms. The normalized spacial score (nSPS) is 18.9. The van der Waals surface area contributed by atoms with Gasteiger partial charge < -0.3 is 15.1 Å². The maximum Gasteiger partial charge on any atom is 0.223 e. The number of carbonyl (C=O) groups excluding carboxylic acids is 1. The van der Waals surface area contributed by atoms with Crippen LogP contribution >= 0.6 is 11.3 Å². The fraction of sp³-hybridized carbons (Fsp3) is 0.609. The Morgan fingerprint density at radius 2 is 1.77 bits per heavy atom. The Balaban J connectivity index is 1.15. The molecule has 1 amide bonds. The average Bonchev–Trinajstić information content (AvgIpc) is 3.36. The lowest BCUT2D eigenvalue weighted by atomic mass is 9.96. The van der Waals surface area contributed by atoms with Gasteiger partial charge >= 0.3 is 0 Å². The number of hydrogen-bond donors (Lipinski definition) is 1. The Kier molecular flexibility index (Phi) is 7.88. The molecule has 4 rings (SSSR count). The molecule has 0 unspecified atom stereocenters. The second-order valence-corrected chi connectivity index (χ2v) is 9.44. The summed E-state index contributed by atoms with van der Waals surface area (Å²) in [7, 11) is 0. The van der Waals surface area contributed by atoms with Crippen LogP contribution in [0.1, 0.15) is 26.2 Å². The lowest BCUT2D eigenvalue weighted by Gasteiger charge is -2.35. The first-order valence-corrected chi connectivity index (χ1v) is 12.5. The van der Waals surface area contributed by atoms with Crippen LogP contribution in [0.3, 0.4) is 0 Å². The maximum absolute atomic E-state index is 12.6. The topological polar surface area (TPSA) is 64.6 Å². The van der Waals surface area contributed by atoms with Crippen LogP contribution in [0.5, 0.6) is 0 Å². The second-order valence-electron chi connectivity index (χ2n) is 8.49. The van der Waals surface area contributed by atoms with Crippen molar-refractivity contribution in [1.29, 1.82) is 0 Å². The molecule has 0 atom stereocenters. The molecule has 2 fully saturated rings. The number of nitrogens with one attached hydrogen (secondary N) is 1. The molecule has 0 aromatic carbocycles. The van der Waals surface area contributed by atoms with Gasteiger partial charge in [0, 0.05) is 58.3 Å². The van der Waals surface area contributed by atoms with Gasteiger partial charge in [0.1, 0.15) is 5.69 Å². The number of amides is 1. The largest absolute Gasteiger partial charge is 0.355 e. The summed E-state index contributed by atoms with van der Waals surface area (Å²) < 4.78 is 0. The van der Waals surface area contributed by atoms with Gasteiger partial charge in [-0.3, -0.25) is 9.69 Å². The lowest BCUT2D eigenvalue weighted by molar-refractivity contribution is -0.125. The number of carbonyl (C=O) groups is 1. The zero-order chi connectivity index (χ0) is 21.5. The summed E-state index contributed by atoms with van der Waals surface area (Å²) in [6, 6.07) is 8.17. The van der Waals surface area contributed by atoms with Gasteiger partial charge in [-0.05, 0) is 49.4 Å².